The standard InChI is InChI=1S/C18H19NO3S/c1-12(20)16-4-3-14(9-17(16)13(2)21)18-10-15(11-23-18)19-5-7-22-8-6-19/h3-4,9-11H,5-8H2,1-2H3. The van der Waals surface area contributed by atoms with Crippen LogP contribution in [0.3, 0.4) is 0 Å². The second kappa shape index (κ2) is 6.64. The number of hydrogen-bond acceptors (Lipinski definition) is 5. The second-order valence-corrected chi connectivity index (χ2v) is 6.55. The lowest BCUT2D eigenvalue weighted by Gasteiger charge is -2.27. The van der Waals surface area contributed by atoms with Crippen molar-refractivity contribution in [3.63, 3.8) is 0 Å². The van der Waals surface area contributed by atoms with E-state index < -0.39 is 0 Å². The molecule has 1 aromatic heterocycles. The summed E-state index contributed by atoms with van der Waals surface area (Å²) in [5.41, 5.74) is 3.15. The van der Waals surface area contributed by atoms with Crippen LogP contribution >= 0.6 is 11.3 Å². The van der Waals surface area contributed by atoms with E-state index in [0.717, 1.165) is 36.7 Å². The number of benzene rings is 1. The van der Waals surface area contributed by atoms with Gasteiger partial charge in [0.1, 0.15) is 0 Å². The fourth-order valence-electron chi connectivity index (χ4n) is 2.76. The molecule has 0 unspecified atom stereocenters. The molecule has 0 amide bonds. The maximum absolute atomic E-state index is 11.8. The molecule has 23 heavy (non-hydrogen) atoms. The van der Waals surface area contributed by atoms with Crippen molar-refractivity contribution in [2.75, 3.05) is 31.2 Å². The molecule has 0 N–H and O–H groups in total. The van der Waals surface area contributed by atoms with Crippen molar-refractivity contribution in [2.24, 2.45) is 0 Å². The van der Waals surface area contributed by atoms with E-state index in [-0.39, 0.29) is 11.6 Å². The first-order valence-electron chi connectivity index (χ1n) is 7.64. The van der Waals surface area contributed by atoms with E-state index in [1.165, 1.54) is 19.5 Å². The Morgan fingerprint density at radius 2 is 1.74 bits per heavy atom. The topological polar surface area (TPSA) is 46.6 Å². The first-order valence-corrected chi connectivity index (χ1v) is 8.52. The minimum atomic E-state index is -0.0815. The summed E-state index contributed by atoms with van der Waals surface area (Å²) < 4.78 is 5.38. The van der Waals surface area contributed by atoms with Gasteiger partial charge in [0, 0.05) is 40.2 Å². The molecule has 0 bridgehead atoms. The van der Waals surface area contributed by atoms with Gasteiger partial charge < -0.3 is 9.64 Å². The Morgan fingerprint density at radius 3 is 2.39 bits per heavy atom. The van der Waals surface area contributed by atoms with Gasteiger partial charge in [-0.15, -0.1) is 11.3 Å². The van der Waals surface area contributed by atoms with E-state index in [1.54, 1.807) is 17.4 Å². The van der Waals surface area contributed by atoms with Gasteiger partial charge in [0.2, 0.25) is 0 Å². The van der Waals surface area contributed by atoms with Crippen molar-refractivity contribution in [3.05, 3.63) is 40.8 Å². The molecular formula is C18H19NO3S. The Hall–Kier alpha value is -1.98. The van der Waals surface area contributed by atoms with E-state index >= 15 is 0 Å². The maximum Gasteiger partial charge on any atom is 0.160 e. The highest BCUT2D eigenvalue weighted by molar-refractivity contribution is 7.14. The number of ether oxygens (including phenoxy) is 1. The first kappa shape index (κ1) is 15.9. The van der Waals surface area contributed by atoms with Crippen LogP contribution in [0.1, 0.15) is 34.6 Å². The van der Waals surface area contributed by atoms with Crippen molar-refractivity contribution < 1.29 is 14.3 Å². The minimum absolute atomic E-state index is 0.0815. The summed E-state index contributed by atoms with van der Waals surface area (Å²) in [6, 6.07) is 7.64. The van der Waals surface area contributed by atoms with Crippen molar-refractivity contribution in [2.45, 2.75) is 13.8 Å². The van der Waals surface area contributed by atoms with Crippen LogP contribution in [0, 0.1) is 0 Å². The summed E-state index contributed by atoms with van der Waals surface area (Å²) in [5, 5.41) is 2.13. The number of Topliss-reactive ketones (excluding diaryl/α,β-unsaturated/α-hetero) is 2. The third-order valence-electron chi connectivity index (χ3n) is 4.02. The molecule has 5 heteroatoms. The monoisotopic (exact) mass is 329 g/mol. The quantitative estimate of drug-likeness (QED) is 0.803. The van der Waals surface area contributed by atoms with Crippen molar-refractivity contribution in [3.8, 4) is 10.4 Å². The molecule has 1 aliphatic rings. The number of thiophene rings is 1. The predicted molar refractivity (Wildman–Crippen MR) is 92.8 cm³/mol. The van der Waals surface area contributed by atoms with Gasteiger partial charge in [-0.25, -0.2) is 0 Å². The van der Waals surface area contributed by atoms with Crippen LogP contribution in [0.2, 0.25) is 0 Å². The van der Waals surface area contributed by atoms with Crippen molar-refractivity contribution in [1.82, 2.24) is 0 Å². The Bertz CT molecular complexity index is 744. The van der Waals surface area contributed by atoms with Crippen LogP contribution in [0.4, 0.5) is 5.69 Å². The van der Waals surface area contributed by atoms with Gasteiger partial charge in [0.15, 0.2) is 11.6 Å². The summed E-state index contributed by atoms with van der Waals surface area (Å²) in [5.74, 6) is -0.163. The lowest BCUT2D eigenvalue weighted by molar-refractivity contribution is 0.0981. The van der Waals surface area contributed by atoms with Gasteiger partial charge in [0.05, 0.1) is 13.2 Å². The van der Waals surface area contributed by atoms with Crippen LogP contribution in [-0.2, 0) is 4.74 Å². The molecule has 3 rings (SSSR count). The molecule has 2 aromatic rings. The Balaban J connectivity index is 1.92. The number of morpholine rings is 1. The number of hydrogen-bond donors (Lipinski definition) is 0. The van der Waals surface area contributed by atoms with Gasteiger partial charge in [0.25, 0.3) is 0 Å². The Kier molecular flexibility index (Phi) is 4.59. The normalized spacial score (nSPS) is 14.8. The molecule has 0 saturated carbocycles. The SMILES string of the molecule is CC(=O)c1ccc(-c2cc(N3CCOCC3)cs2)cc1C(C)=O. The molecule has 1 aromatic carbocycles. The summed E-state index contributed by atoms with van der Waals surface area (Å²) in [7, 11) is 0. The number of anilines is 1. The van der Waals surface area contributed by atoms with Crippen LogP contribution in [0.5, 0.6) is 0 Å². The zero-order valence-electron chi connectivity index (χ0n) is 13.3. The molecule has 120 valence electrons. The van der Waals surface area contributed by atoms with Crippen LogP contribution in [0.15, 0.2) is 29.6 Å². The molecular weight excluding hydrogens is 310 g/mol. The van der Waals surface area contributed by atoms with E-state index in [9.17, 15) is 9.59 Å². The van der Waals surface area contributed by atoms with Crippen molar-refractivity contribution in [1.29, 1.82) is 0 Å². The number of nitrogens with zero attached hydrogens (tertiary/aromatic N) is 1. The first-order chi connectivity index (χ1) is 11.1. The molecule has 0 atom stereocenters. The smallest absolute Gasteiger partial charge is 0.160 e. The van der Waals surface area contributed by atoms with Gasteiger partial charge in [-0.3, -0.25) is 9.59 Å². The van der Waals surface area contributed by atoms with E-state index in [4.69, 9.17) is 4.74 Å². The fourth-order valence-corrected chi connectivity index (χ4v) is 3.68. The van der Waals surface area contributed by atoms with E-state index in [0.29, 0.717) is 11.1 Å². The highest BCUT2D eigenvalue weighted by atomic mass is 32.1. The van der Waals surface area contributed by atoms with E-state index in [2.05, 4.69) is 16.3 Å². The second-order valence-electron chi connectivity index (χ2n) is 5.64. The summed E-state index contributed by atoms with van der Waals surface area (Å²) in [4.78, 5) is 26.9. The van der Waals surface area contributed by atoms with Gasteiger partial charge in [-0.1, -0.05) is 12.1 Å². The predicted octanol–water partition coefficient (Wildman–Crippen LogP) is 3.66. The highest BCUT2D eigenvalue weighted by Gasteiger charge is 2.16. The summed E-state index contributed by atoms with van der Waals surface area (Å²) in [6.07, 6.45) is 0. The molecule has 0 aliphatic carbocycles. The lowest BCUT2D eigenvalue weighted by Crippen LogP contribution is -2.35. The van der Waals surface area contributed by atoms with Crippen LogP contribution in [-0.4, -0.2) is 37.9 Å². The average Bonchev–Trinajstić information content (AvgIpc) is 3.05. The Labute approximate surface area is 139 Å². The average molecular weight is 329 g/mol. The number of rotatable bonds is 4. The third-order valence-corrected chi connectivity index (χ3v) is 4.99. The minimum Gasteiger partial charge on any atom is -0.378 e. The molecule has 0 radical (unpaired) electrons. The summed E-state index contributed by atoms with van der Waals surface area (Å²) in [6.45, 7) is 6.30. The number of ketones is 2. The molecule has 2 heterocycles. The number of carbonyl (C=O) groups excluding carboxylic acids is 2. The molecule has 1 aliphatic heterocycles. The maximum atomic E-state index is 11.8. The molecule has 0 spiro atoms. The number of carbonyl (C=O) groups is 2. The van der Waals surface area contributed by atoms with Crippen LogP contribution < -0.4 is 4.90 Å². The van der Waals surface area contributed by atoms with Gasteiger partial charge in [-0.2, -0.15) is 0 Å². The molecule has 1 saturated heterocycles. The van der Waals surface area contributed by atoms with Gasteiger partial charge >= 0.3 is 0 Å². The molecule has 1 fully saturated rings. The highest BCUT2D eigenvalue weighted by Crippen LogP contribution is 2.33. The van der Waals surface area contributed by atoms with E-state index in [1.807, 2.05) is 12.1 Å². The van der Waals surface area contributed by atoms with Gasteiger partial charge in [-0.05, 0) is 31.5 Å². The third kappa shape index (κ3) is 3.35. The largest absolute Gasteiger partial charge is 0.378 e. The lowest BCUT2D eigenvalue weighted by atomic mass is 9.98. The van der Waals surface area contributed by atoms with Crippen molar-refractivity contribution >= 4 is 28.6 Å². The zero-order valence-corrected chi connectivity index (χ0v) is 14.1. The molecule has 4 nitrogen and oxygen atoms in total. The Morgan fingerprint density at radius 1 is 1.04 bits per heavy atom. The fraction of sp³-hybridized carbons (Fsp3) is 0.333. The zero-order chi connectivity index (χ0) is 16.4. The summed E-state index contributed by atoms with van der Waals surface area (Å²) >= 11 is 1.65. The van der Waals surface area contributed by atoms with Crippen LogP contribution in [0.25, 0.3) is 10.4 Å².